The second-order valence-corrected chi connectivity index (χ2v) is 9.59. The Morgan fingerprint density at radius 3 is 2.70 bits per heavy atom. The van der Waals surface area contributed by atoms with E-state index in [-0.39, 0.29) is 18.7 Å². The number of carbonyl (C=O) groups is 2. The van der Waals surface area contributed by atoms with Gasteiger partial charge in [-0.3, -0.25) is 9.69 Å². The first-order valence-corrected chi connectivity index (χ1v) is 11.8. The van der Waals surface area contributed by atoms with E-state index in [0.717, 1.165) is 11.0 Å². The maximum absolute atomic E-state index is 13.2. The number of nitrogen functional groups attached to an aromatic ring is 1. The van der Waals surface area contributed by atoms with Crippen LogP contribution in [0.4, 0.5) is 28.8 Å². The molecule has 3 aromatic heterocycles. The molecular formula is C21H16ClF3N8O3S. The number of hydrogen-bond donors (Lipinski definition) is 3. The highest BCUT2D eigenvalue weighted by Gasteiger charge is 2.41. The normalized spacial score (nSPS) is 17.9. The van der Waals surface area contributed by atoms with Gasteiger partial charge in [-0.1, -0.05) is 28.2 Å². The Kier molecular flexibility index (Phi) is 6.11. The first-order chi connectivity index (χ1) is 17.5. The number of carboxylic acid groups (broad SMARTS) is 1. The van der Waals surface area contributed by atoms with Gasteiger partial charge >= 0.3 is 12.3 Å². The van der Waals surface area contributed by atoms with Gasteiger partial charge in [0.15, 0.2) is 5.13 Å². The number of rotatable bonds is 4. The van der Waals surface area contributed by atoms with Gasteiger partial charge in [0.05, 0.1) is 28.5 Å². The van der Waals surface area contributed by atoms with Crippen LogP contribution < -0.4 is 11.1 Å². The van der Waals surface area contributed by atoms with Gasteiger partial charge in [0.1, 0.15) is 22.1 Å². The molecule has 5 rings (SSSR count). The third kappa shape index (κ3) is 4.86. The van der Waals surface area contributed by atoms with E-state index in [1.54, 1.807) is 18.3 Å². The lowest BCUT2D eigenvalue weighted by Gasteiger charge is -2.20. The molecule has 0 aliphatic carbocycles. The number of fused-ring (bicyclic) bond motifs is 1. The van der Waals surface area contributed by atoms with E-state index in [2.05, 4.69) is 25.6 Å². The number of thiazole rings is 1. The van der Waals surface area contributed by atoms with Crippen molar-refractivity contribution >= 4 is 56.1 Å². The molecule has 1 fully saturated rings. The molecule has 1 saturated heterocycles. The maximum atomic E-state index is 13.2. The number of pyridine rings is 1. The predicted octanol–water partition coefficient (Wildman–Crippen LogP) is 4.14. The summed E-state index contributed by atoms with van der Waals surface area (Å²) >= 11 is 6.84. The first kappa shape index (κ1) is 24.7. The summed E-state index contributed by atoms with van der Waals surface area (Å²) in [6, 6.07) is 4.63. The summed E-state index contributed by atoms with van der Waals surface area (Å²) in [5, 5.41) is 20.0. The van der Waals surface area contributed by atoms with E-state index in [4.69, 9.17) is 17.3 Å². The zero-order chi connectivity index (χ0) is 26.5. The number of alkyl halides is 3. The van der Waals surface area contributed by atoms with Crippen molar-refractivity contribution in [2.75, 3.05) is 17.6 Å². The minimum atomic E-state index is -4.72. The van der Waals surface area contributed by atoms with Gasteiger partial charge in [0, 0.05) is 18.7 Å². The van der Waals surface area contributed by atoms with E-state index in [9.17, 15) is 27.9 Å². The Balaban J connectivity index is 1.35. The number of nitrogens with two attached hydrogens (primary N) is 1. The fourth-order valence-corrected chi connectivity index (χ4v) is 4.99. The van der Waals surface area contributed by atoms with Gasteiger partial charge < -0.3 is 16.2 Å². The standard InChI is InChI=1S/C21H16ClF3N8O3S/c22-12-2-1-9(5-11(12)21(23,24)25)27-17(34)16-6-10(7-32(16)20(35)36)33-8-15(30-31-33)13-3-4-14-18(28-13)37-19(26)29-14/h1-5,8,10,16H,6-7H2,(H2,26,29)(H,27,34)(H,35,36)/t10-,16-/m0/s1. The van der Waals surface area contributed by atoms with Gasteiger partial charge in [-0.05, 0) is 30.3 Å². The number of nitrogens with zero attached hydrogens (tertiary/aromatic N) is 6. The quantitative estimate of drug-likeness (QED) is 0.341. The number of anilines is 2. The van der Waals surface area contributed by atoms with Crippen LogP contribution in [-0.2, 0) is 11.0 Å². The molecule has 16 heteroatoms. The molecule has 1 aliphatic heterocycles. The number of halogens is 4. The van der Waals surface area contributed by atoms with Gasteiger partial charge in [0.2, 0.25) is 5.91 Å². The summed E-state index contributed by atoms with van der Waals surface area (Å²) in [6.45, 7) is -0.0809. The number of likely N-dealkylation sites (tertiary alicyclic amines) is 1. The Hall–Kier alpha value is -3.98. The van der Waals surface area contributed by atoms with Gasteiger partial charge in [0.25, 0.3) is 0 Å². The molecule has 37 heavy (non-hydrogen) atoms. The third-order valence-electron chi connectivity index (χ3n) is 5.79. The molecular weight excluding hydrogens is 537 g/mol. The molecule has 4 aromatic rings. The molecule has 0 unspecified atom stereocenters. The second-order valence-electron chi connectivity index (χ2n) is 8.18. The highest BCUT2D eigenvalue weighted by Crippen LogP contribution is 2.36. The molecule has 1 aliphatic rings. The molecule has 2 atom stereocenters. The fourth-order valence-electron chi connectivity index (χ4n) is 4.06. The number of hydrogen-bond acceptors (Lipinski definition) is 8. The Bertz CT molecular complexity index is 1520. The van der Waals surface area contributed by atoms with Crippen LogP contribution >= 0.6 is 22.9 Å². The van der Waals surface area contributed by atoms with Crippen molar-refractivity contribution in [3.8, 4) is 11.4 Å². The SMILES string of the molecule is Nc1nc2ccc(-c3cn([C@H]4C[C@@H](C(=O)Nc5ccc(Cl)c(C(F)(F)F)c5)N(C(=O)O)C4)nn3)nc2s1. The number of carbonyl (C=O) groups excluding carboxylic acids is 1. The lowest BCUT2D eigenvalue weighted by atomic mass is 10.1. The lowest BCUT2D eigenvalue weighted by Crippen LogP contribution is -2.42. The summed E-state index contributed by atoms with van der Waals surface area (Å²) < 4.78 is 40.9. The third-order valence-corrected chi connectivity index (χ3v) is 6.91. The van der Waals surface area contributed by atoms with Crippen LogP contribution in [0.3, 0.4) is 0 Å². The van der Waals surface area contributed by atoms with E-state index in [0.29, 0.717) is 32.9 Å². The molecule has 4 heterocycles. The molecule has 0 saturated carbocycles. The lowest BCUT2D eigenvalue weighted by molar-refractivity contribution is -0.137. The molecule has 0 spiro atoms. The van der Waals surface area contributed by atoms with Crippen molar-refractivity contribution in [1.82, 2.24) is 29.9 Å². The zero-order valence-corrected chi connectivity index (χ0v) is 20.0. The van der Waals surface area contributed by atoms with Crippen molar-refractivity contribution in [2.45, 2.75) is 24.7 Å². The number of nitrogens with one attached hydrogen (secondary N) is 1. The predicted molar refractivity (Wildman–Crippen MR) is 128 cm³/mol. The van der Waals surface area contributed by atoms with Crippen LogP contribution in [0.25, 0.3) is 21.7 Å². The topological polar surface area (TPSA) is 152 Å². The summed E-state index contributed by atoms with van der Waals surface area (Å²) in [5.74, 6) is -0.782. The van der Waals surface area contributed by atoms with Crippen LogP contribution in [0, 0.1) is 0 Å². The van der Waals surface area contributed by atoms with Crippen molar-refractivity contribution in [3.63, 3.8) is 0 Å². The average Bonchev–Trinajstić information content (AvgIpc) is 3.56. The summed E-state index contributed by atoms with van der Waals surface area (Å²) in [6.07, 6.45) is -4.47. The fraction of sp³-hybridized carbons (Fsp3) is 0.238. The summed E-state index contributed by atoms with van der Waals surface area (Å²) in [4.78, 5) is 34.9. The van der Waals surface area contributed by atoms with Crippen LogP contribution in [-0.4, -0.2) is 59.6 Å². The highest BCUT2D eigenvalue weighted by molar-refractivity contribution is 7.21. The Labute approximate surface area is 214 Å². The molecule has 2 amide bonds. The van der Waals surface area contributed by atoms with E-state index >= 15 is 0 Å². The van der Waals surface area contributed by atoms with Crippen molar-refractivity contribution in [3.05, 3.63) is 47.1 Å². The average molecular weight is 553 g/mol. The molecule has 0 radical (unpaired) electrons. The molecule has 4 N–H and O–H groups in total. The van der Waals surface area contributed by atoms with Crippen molar-refractivity contribution < 1.29 is 27.9 Å². The Morgan fingerprint density at radius 1 is 1.19 bits per heavy atom. The monoisotopic (exact) mass is 552 g/mol. The highest BCUT2D eigenvalue weighted by atomic mass is 35.5. The minimum absolute atomic E-state index is 0.0263. The van der Waals surface area contributed by atoms with Crippen molar-refractivity contribution in [2.24, 2.45) is 0 Å². The molecule has 0 bridgehead atoms. The van der Waals surface area contributed by atoms with E-state index < -0.39 is 40.8 Å². The van der Waals surface area contributed by atoms with Crippen LogP contribution in [0.15, 0.2) is 36.5 Å². The minimum Gasteiger partial charge on any atom is -0.465 e. The maximum Gasteiger partial charge on any atom is 0.417 e. The first-order valence-electron chi connectivity index (χ1n) is 10.6. The van der Waals surface area contributed by atoms with Crippen molar-refractivity contribution in [1.29, 1.82) is 0 Å². The number of benzene rings is 1. The second kappa shape index (κ2) is 9.15. The largest absolute Gasteiger partial charge is 0.465 e. The molecule has 1 aromatic carbocycles. The van der Waals surface area contributed by atoms with E-state index in [1.165, 1.54) is 22.1 Å². The smallest absolute Gasteiger partial charge is 0.417 e. The van der Waals surface area contributed by atoms with Crippen LogP contribution in [0.5, 0.6) is 0 Å². The van der Waals surface area contributed by atoms with Crippen LogP contribution in [0.1, 0.15) is 18.0 Å². The van der Waals surface area contributed by atoms with Gasteiger partial charge in [-0.2, -0.15) is 13.2 Å². The number of amides is 2. The molecule has 11 nitrogen and oxygen atoms in total. The van der Waals surface area contributed by atoms with Gasteiger partial charge in [-0.25, -0.2) is 19.4 Å². The van der Waals surface area contributed by atoms with Crippen LogP contribution in [0.2, 0.25) is 5.02 Å². The van der Waals surface area contributed by atoms with Gasteiger partial charge in [-0.15, -0.1) is 5.10 Å². The summed E-state index contributed by atoms with van der Waals surface area (Å²) in [5.41, 5.74) is 6.01. The zero-order valence-electron chi connectivity index (χ0n) is 18.5. The number of aromatic nitrogens is 5. The summed E-state index contributed by atoms with van der Waals surface area (Å²) in [7, 11) is 0. The van der Waals surface area contributed by atoms with E-state index in [1.807, 2.05) is 0 Å². The molecule has 192 valence electrons. The Morgan fingerprint density at radius 2 is 1.97 bits per heavy atom.